The standard InChI is InChI=1S/C16H30BrNO4/c1-6-18(14(19)22-15(2,3)4)12-16(5,11-17)21-13-7-9-20-10-8-13/h13H,6-12H2,1-5H3. The van der Waals surface area contributed by atoms with Gasteiger partial charge in [0.2, 0.25) is 0 Å². The van der Waals surface area contributed by atoms with Gasteiger partial charge in [0.25, 0.3) is 0 Å². The molecule has 6 heteroatoms. The number of hydrogen-bond donors (Lipinski definition) is 0. The molecular formula is C16H30BrNO4. The Labute approximate surface area is 142 Å². The summed E-state index contributed by atoms with van der Waals surface area (Å²) in [5.41, 5.74) is -0.925. The summed E-state index contributed by atoms with van der Waals surface area (Å²) in [6.45, 7) is 12.2. The van der Waals surface area contributed by atoms with Crippen molar-refractivity contribution in [1.29, 1.82) is 0 Å². The van der Waals surface area contributed by atoms with Crippen LogP contribution >= 0.6 is 15.9 Å². The summed E-state index contributed by atoms with van der Waals surface area (Å²) in [4.78, 5) is 14.0. The molecule has 0 spiro atoms. The molecule has 1 rings (SSSR count). The molecule has 130 valence electrons. The molecule has 0 N–H and O–H groups in total. The van der Waals surface area contributed by atoms with Gasteiger partial charge in [-0.15, -0.1) is 0 Å². The smallest absolute Gasteiger partial charge is 0.410 e. The molecule has 0 aromatic rings. The molecule has 0 aromatic carbocycles. The molecule has 1 heterocycles. The molecule has 1 amide bonds. The number of carbonyl (C=O) groups is 1. The lowest BCUT2D eigenvalue weighted by Crippen LogP contribution is -2.50. The summed E-state index contributed by atoms with van der Waals surface area (Å²) in [6, 6.07) is 0. The summed E-state index contributed by atoms with van der Waals surface area (Å²) in [5.74, 6) is 0. The predicted octanol–water partition coefficient (Wildman–Crippen LogP) is 3.59. The monoisotopic (exact) mass is 379 g/mol. The number of likely N-dealkylation sites (N-methyl/N-ethyl adjacent to an activating group) is 1. The number of nitrogens with zero attached hydrogens (tertiary/aromatic N) is 1. The average Bonchev–Trinajstić information content (AvgIpc) is 2.44. The van der Waals surface area contributed by atoms with Crippen molar-refractivity contribution in [3.63, 3.8) is 0 Å². The van der Waals surface area contributed by atoms with Crippen LogP contribution in [0.5, 0.6) is 0 Å². The van der Waals surface area contributed by atoms with Gasteiger partial charge in [0.15, 0.2) is 0 Å². The minimum absolute atomic E-state index is 0.189. The van der Waals surface area contributed by atoms with Crippen LogP contribution in [0.2, 0.25) is 0 Å². The summed E-state index contributed by atoms with van der Waals surface area (Å²) >= 11 is 3.53. The number of ether oxygens (including phenoxy) is 3. The molecule has 5 nitrogen and oxygen atoms in total. The number of rotatable bonds is 6. The average molecular weight is 380 g/mol. The molecule has 1 aliphatic heterocycles. The van der Waals surface area contributed by atoms with Gasteiger partial charge in [-0.1, -0.05) is 15.9 Å². The maximum Gasteiger partial charge on any atom is 0.410 e. The van der Waals surface area contributed by atoms with Crippen LogP contribution in [-0.2, 0) is 14.2 Å². The number of carbonyl (C=O) groups excluding carboxylic acids is 1. The van der Waals surface area contributed by atoms with Crippen molar-refractivity contribution in [2.75, 3.05) is 31.6 Å². The van der Waals surface area contributed by atoms with E-state index in [-0.39, 0.29) is 12.2 Å². The van der Waals surface area contributed by atoms with Crippen LogP contribution < -0.4 is 0 Å². The summed E-state index contributed by atoms with van der Waals surface area (Å²) in [6.07, 6.45) is 1.70. The summed E-state index contributed by atoms with van der Waals surface area (Å²) in [5, 5.41) is 0.663. The van der Waals surface area contributed by atoms with Crippen LogP contribution in [0.15, 0.2) is 0 Å². The number of halogens is 1. The van der Waals surface area contributed by atoms with Crippen molar-refractivity contribution in [3.05, 3.63) is 0 Å². The topological polar surface area (TPSA) is 48.0 Å². The highest BCUT2D eigenvalue weighted by Gasteiger charge is 2.33. The third kappa shape index (κ3) is 6.84. The van der Waals surface area contributed by atoms with Crippen molar-refractivity contribution in [3.8, 4) is 0 Å². The van der Waals surface area contributed by atoms with Crippen LogP contribution in [0.1, 0.15) is 47.5 Å². The number of hydrogen-bond acceptors (Lipinski definition) is 4. The predicted molar refractivity (Wildman–Crippen MR) is 90.6 cm³/mol. The molecule has 0 radical (unpaired) electrons. The fourth-order valence-electron chi connectivity index (χ4n) is 2.34. The molecule has 22 heavy (non-hydrogen) atoms. The first-order valence-electron chi connectivity index (χ1n) is 7.98. The third-order valence-corrected chi connectivity index (χ3v) is 4.65. The molecule has 1 atom stereocenters. The Morgan fingerprint density at radius 2 is 1.86 bits per heavy atom. The van der Waals surface area contributed by atoms with Crippen LogP contribution in [0.25, 0.3) is 0 Å². The maximum atomic E-state index is 12.3. The van der Waals surface area contributed by atoms with E-state index in [1.54, 1.807) is 4.90 Å². The lowest BCUT2D eigenvalue weighted by Gasteiger charge is -2.38. The van der Waals surface area contributed by atoms with E-state index < -0.39 is 11.2 Å². The Morgan fingerprint density at radius 3 is 2.32 bits per heavy atom. The minimum atomic E-state index is -0.489. The van der Waals surface area contributed by atoms with E-state index in [0.717, 1.165) is 26.1 Å². The van der Waals surface area contributed by atoms with Crippen LogP contribution in [0, 0.1) is 0 Å². The second kappa shape index (κ2) is 8.50. The van der Waals surface area contributed by atoms with Gasteiger partial charge in [-0.25, -0.2) is 4.79 Å². The highest BCUT2D eigenvalue weighted by Crippen LogP contribution is 2.23. The molecule has 1 aliphatic rings. The van der Waals surface area contributed by atoms with E-state index in [0.29, 0.717) is 18.4 Å². The second-order valence-electron chi connectivity index (χ2n) is 7.01. The van der Waals surface area contributed by atoms with Gasteiger partial charge >= 0.3 is 6.09 Å². The van der Waals surface area contributed by atoms with E-state index in [2.05, 4.69) is 15.9 Å². The molecule has 1 saturated heterocycles. The molecule has 0 aliphatic carbocycles. The zero-order chi connectivity index (χ0) is 16.8. The van der Waals surface area contributed by atoms with Crippen molar-refractivity contribution < 1.29 is 19.0 Å². The number of amides is 1. The third-order valence-electron chi connectivity index (χ3n) is 3.46. The van der Waals surface area contributed by atoms with Gasteiger partial charge in [-0.05, 0) is 47.5 Å². The van der Waals surface area contributed by atoms with Gasteiger partial charge < -0.3 is 19.1 Å². The SMILES string of the molecule is CCN(CC(C)(CBr)OC1CCOCC1)C(=O)OC(C)(C)C. The van der Waals surface area contributed by atoms with E-state index >= 15 is 0 Å². The fraction of sp³-hybridized carbons (Fsp3) is 0.938. The quantitative estimate of drug-likeness (QED) is 0.661. The van der Waals surface area contributed by atoms with Crippen LogP contribution in [-0.4, -0.2) is 59.9 Å². The largest absolute Gasteiger partial charge is 0.444 e. The molecule has 0 saturated carbocycles. The molecule has 1 fully saturated rings. The Bertz CT molecular complexity index is 353. The van der Waals surface area contributed by atoms with E-state index in [9.17, 15) is 4.79 Å². The molecule has 0 aromatic heterocycles. The first-order chi connectivity index (χ1) is 10.2. The van der Waals surface area contributed by atoms with Crippen LogP contribution in [0.4, 0.5) is 4.79 Å². The Balaban J connectivity index is 2.65. The Kier molecular flexibility index (Phi) is 7.62. The van der Waals surface area contributed by atoms with Crippen molar-refractivity contribution >= 4 is 22.0 Å². The van der Waals surface area contributed by atoms with Crippen molar-refractivity contribution in [2.45, 2.75) is 64.8 Å². The second-order valence-corrected chi connectivity index (χ2v) is 7.57. The van der Waals surface area contributed by atoms with Gasteiger partial charge in [0.1, 0.15) is 5.60 Å². The van der Waals surface area contributed by atoms with E-state index in [1.165, 1.54) is 0 Å². The Hall–Kier alpha value is -0.330. The molecule has 1 unspecified atom stereocenters. The zero-order valence-corrected chi connectivity index (χ0v) is 16.1. The van der Waals surface area contributed by atoms with Gasteiger partial charge in [-0.3, -0.25) is 0 Å². The zero-order valence-electron chi connectivity index (χ0n) is 14.5. The van der Waals surface area contributed by atoms with Gasteiger partial charge in [-0.2, -0.15) is 0 Å². The molecular weight excluding hydrogens is 350 g/mol. The van der Waals surface area contributed by atoms with Gasteiger partial charge in [0.05, 0.1) is 18.2 Å². The fourth-order valence-corrected chi connectivity index (χ4v) is 2.65. The number of alkyl halides is 1. The summed E-state index contributed by atoms with van der Waals surface area (Å²) in [7, 11) is 0. The first kappa shape index (κ1) is 19.7. The van der Waals surface area contributed by atoms with Crippen molar-refractivity contribution in [1.82, 2.24) is 4.90 Å². The van der Waals surface area contributed by atoms with E-state index in [4.69, 9.17) is 14.2 Å². The maximum absolute atomic E-state index is 12.3. The lowest BCUT2D eigenvalue weighted by atomic mass is 10.1. The highest BCUT2D eigenvalue weighted by atomic mass is 79.9. The Morgan fingerprint density at radius 1 is 1.27 bits per heavy atom. The van der Waals surface area contributed by atoms with E-state index in [1.807, 2.05) is 34.6 Å². The lowest BCUT2D eigenvalue weighted by molar-refractivity contribution is -0.115. The van der Waals surface area contributed by atoms with Gasteiger partial charge in [0, 0.05) is 25.1 Å². The van der Waals surface area contributed by atoms with Crippen LogP contribution in [0.3, 0.4) is 0 Å². The normalized spacial score (nSPS) is 19.5. The molecule has 0 bridgehead atoms. The highest BCUT2D eigenvalue weighted by molar-refractivity contribution is 9.09. The minimum Gasteiger partial charge on any atom is -0.444 e. The van der Waals surface area contributed by atoms with Crippen molar-refractivity contribution in [2.24, 2.45) is 0 Å². The summed E-state index contributed by atoms with van der Waals surface area (Å²) < 4.78 is 17.1. The first-order valence-corrected chi connectivity index (χ1v) is 9.11.